The summed E-state index contributed by atoms with van der Waals surface area (Å²) < 4.78 is 0. The van der Waals surface area contributed by atoms with Crippen molar-refractivity contribution in [3.05, 3.63) is 65.7 Å². The van der Waals surface area contributed by atoms with Gasteiger partial charge in [0.15, 0.2) is 5.17 Å². The van der Waals surface area contributed by atoms with E-state index in [1.165, 1.54) is 17.3 Å². The molecule has 0 aromatic heterocycles. The molecule has 2 aromatic rings. The maximum Gasteiger partial charge on any atom is 0.259 e. The lowest BCUT2D eigenvalue weighted by atomic mass is 10.1. The van der Waals surface area contributed by atoms with Gasteiger partial charge in [-0.15, -0.1) is 0 Å². The Hall–Kier alpha value is -2.93. The number of amidine groups is 2. The van der Waals surface area contributed by atoms with Gasteiger partial charge in [-0.05, 0) is 30.5 Å². The highest BCUT2D eigenvalue weighted by molar-refractivity contribution is 8.14. The molecule has 0 bridgehead atoms. The van der Waals surface area contributed by atoms with Gasteiger partial charge in [-0.25, -0.2) is 9.89 Å². The van der Waals surface area contributed by atoms with Gasteiger partial charge < -0.3 is 5.32 Å². The molecule has 2 aliphatic heterocycles. The Morgan fingerprint density at radius 1 is 1.13 bits per heavy atom. The Morgan fingerprint density at radius 3 is 2.70 bits per heavy atom. The van der Waals surface area contributed by atoms with Crippen LogP contribution >= 0.6 is 11.8 Å². The zero-order chi connectivity index (χ0) is 20.9. The SMILES string of the molecule is CCCC1N=C2c3ccccc3N=C(SCC(=O)NCCc3ccccc3)N2C1=O. The molecule has 1 N–H and O–H groups in total. The molecule has 0 radical (unpaired) electrons. The monoisotopic (exact) mass is 420 g/mol. The Balaban J connectivity index is 1.42. The van der Waals surface area contributed by atoms with E-state index in [0.717, 1.165) is 24.1 Å². The van der Waals surface area contributed by atoms with E-state index in [9.17, 15) is 9.59 Å². The van der Waals surface area contributed by atoms with E-state index in [2.05, 4.69) is 15.3 Å². The van der Waals surface area contributed by atoms with Crippen molar-refractivity contribution in [1.29, 1.82) is 0 Å². The Labute approximate surface area is 180 Å². The molecule has 2 heterocycles. The lowest BCUT2D eigenvalue weighted by Gasteiger charge is -2.25. The van der Waals surface area contributed by atoms with E-state index in [1.54, 1.807) is 4.90 Å². The number of thioether (sulfide) groups is 1. The average molecular weight is 421 g/mol. The summed E-state index contributed by atoms with van der Waals surface area (Å²) in [5.74, 6) is 0.714. The Kier molecular flexibility index (Phi) is 6.28. The van der Waals surface area contributed by atoms with Gasteiger partial charge in [0.2, 0.25) is 5.91 Å². The van der Waals surface area contributed by atoms with Crippen molar-refractivity contribution in [2.24, 2.45) is 9.98 Å². The van der Waals surface area contributed by atoms with E-state index in [4.69, 9.17) is 0 Å². The highest BCUT2D eigenvalue weighted by Crippen LogP contribution is 2.34. The van der Waals surface area contributed by atoms with Crippen LogP contribution in [0, 0.1) is 0 Å². The fraction of sp³-hybridized carbons (Fsp3) is 0.304. The highest BCUT2D eigenvalue weighted by Gasteiger charge is 2.40. The van der Waals surface area contributed by atoms with E-state index < -0.39 is 0 Å². The summed E-state index contributed by atoms with van der Waals surface area (Å²) in [5, 5.41) is 3.46. The minimum absolute atomic E-state index is 0.0583. The number of nitrogens with one attached hydrogen (secondary N) is 1. The van der Waals surface area contributed by atoms with Gasteiger partial charge in [-0.1, -0.05) is 67.6 Å². The minimum Gasteiger partial charge on any atom is -0.355 e. The molecule has 2 amide bonds. The number of hydrogen-bond donors (Lipinski definition) is 1. The number of fused-ring (bicyclic) bond motifs is 3. The molecule has 2 aromatic carbocycles. The second kappa shape index (κ2) is 9.26. The average Bonchev–Trinajstić information content (AvgIpc) is 3.10. The number of amides is 2. The van der Waals surface area contributed by atoms with Crippen LogP contribution in [0.25, 0.3) is 0 Å². The largest absolute Gasteiger partial charge is 0.355 e. The standard InChI is InChI=1S/C23H24N4O2S/c1-2-8-19-22(29)27-21(25-19)17-11-6-7-12-18(17)26-23(27)30-15-20(28)24-14-13-16-9-4-3-5-10-16/h3-7,9-12,19H,2,8,13-15H2,1H3,(H,24,28). The highest BCUT2D eigenvalue weighted by atomic mass is 32.2. The third-order valence-corrected chi connectivity index (χ3v) is 5.96. The molecule has 1 unspecified atom stereocenters. The van der Waals surface area contributed by atoms with E-state index in [1.807, 2.05) is 61.5 Å². The second-order valence-electron chi connectivity index (χ2n) is 7.22. The van der Waals surface area contributed by atoms with Crippen molar-refractivity contribution < 1.29 is 9.59 Å². The van der Waals surface area contributed by atoms with Crippen LogP contribution in [0.4, 0.5) is 5.69 Å². The predicted octanol–water partition coefficient (Wildman–Crippen LogP) is 3.54. The molecule has 6 nitrogen and oxygen atoms in total. The molecule has 0 saturated carbocycles. The van der Waals surface area contributed by atoms with Gasteiger partial charge in [0, 0.05) is 12.1 Å². The third-order valence-electron chi connectivity index (χ3n) is 5.02. The maximum absolute atomic E-state index is 12.9. The first-order valence-corrected chi connectivity index (χ1v) is 11.2. The minimum atomic E-state index is -0.373. The molecule has 0 aliphatic carbocycles. The molecular formula is C23H24N4O2S. The van der Waals surface area contributed by atoms with Gasteiger partial charge in [0.05, 0.1) is 11.4 Å². The quantitative estimate of drug-likeness (QED) is 0.745. The molecule has 2 aliphatic rings. The third kappa shape index (κ3) is 4.31. The first kappa shape index (κ1) is 20.3. The molecule has 1 atom stereocenters. The summed E-state index contributed by atoms with van der Waals surface area (Å²) >= 11 is 1.28. The lowest BCUT2D eigenvalue weighted by molar-refractivity contribution is -0.124. The zero-order valence-corrected chi connectivity index (χ0v) is 17.7. The number of carbonyl (C=O) groups excluding carboxylic acids is 2. The van der Waals surface area contributed by atoms with E-state index in [-0.39, 0.29) is 23.6 Å². The normalized spacial score (nSPS) is 17.2. The Morgan fingerprint density at radius 2 is 1.90 bits per heavy atom. The second-order valence-corrected chi connectivity index (χ2v) is 8.16. The van der Waals surface area contributed by atoms with Gasteiger partial charge in [-0.3, -0.25) is 14.6 Å². The summed E-state index contributed by atoms with van der Waals surface area (Å²) in [6.07, 6.45) is 2.37. The molecule has 7 heteroatoms. The van der Waals surface area contributed by atoms with Crippen LogP contribution < -0.4 is 5.32 Å². The zero-order valence-electron chi connectivity index (χ0n) is 16.9. The van der Waals surface area contributed by atoms with Crippen LogP contribution in [-0.4, -0.2) is 46.1 Å². The van der Waals surface area contributed by atoms with Crippen molar-refractivity contribution in [2.45, 2.75) is 32.2 Å². The number of carbonyl (C=O) groups is 2. The molecule has 154 valence electrons. The van der Waals surface area contributed by atoms with Crippen LogP contribution in [0.1, 0.15) is 30.9 Å². The summed E-state index contributed by atoms with van der Waals surface area (Å²) in [7, 11) is 0. The van der Waals surface area contributed by atoms with Crippen LogP contribution in [0.2, 0.25) is 0 Å². The molecular weight excluding hydrogens is 396 g/mol. The summed E-state index contributed by atoms with van der Waals surface area (Å²) in [6, 6.07) is 17.4. The lowest BCUT2D eigenvalue weighted by Crippen LogP contribution is -2.41. The van der Waals surface area contributed by atoms with Gasteiger partial charge in [0.1, 0.15) is 11.9 Å². The molecule has 4 rings (SSSR count). The van der Waals surface area contributed by atoms with Crippen molar-refractivity contribution in [3.63, 3.8) is 0 Å². The number of para-hydroxylation sites is 1. The van der Waals surface area contributed by atoms with Crippen molar-refractivity contribution in [3.8, 4) is 0 Å². The first-order chi connectivity index (χ1) is 14.7. The van der Waals surface area contributed by atoms with Crippen LogP contribution in [0.15, 0.2) is 64.6 Å². The van der Waals surface area contributed by atoms with Crippen molar-refractivity contribution in [1.82, 2.24) is 10.2 Å². The predicted molar refractivity (Wildman–Crippen MR) is 121 cm³/mol. The van der Waals surface area contributed by atoms with E-state index >= 15 is 0 Å². The molecule has 0 fully saturated rings. The molecule has 30 heavy (non-hydrogen) atoms. The number of hydrogen-bond acceptors (Lipinski definition) is 5. The van der Waals surface area contributed by atoms with Gasteiger partial charge in [0.25, 0.3) is 5.91 Å². The molecule has 0 spiro atoms. The fourth-order valence-corrected chi connectivity index (χ4v) is 4.36. The summed E-state index contributed by atoms with van der Waals surface area (Å²) in [6.45, 7) is 2.62. The van der Waals surface area contributed by atoms with Crippen LogP contribution in [0.5, 0.6) is 0 Å². The summed E-state index contributed by atoms with van der Waals surface area (Å²) in [4.78, 5) is 36.2. The molecule has 0 saturated heterocycles. The van der Waals surface area contributed by atoms with Crippen molar-refractivity contribution in [2.75, 3.05) is 12.3 Å². The van der Waals surface area contributed by atoms with Crippen molar-refractivity contribution >= 4 is 40.3 Å². The van der Waals surface area contributed by atoms with Gasteiger partial charge in [-0.2, -0.15) is 0 Å². The smallest absolute Gasteiger partial charge is 0.259 e. The number of rotatable bonds is 7. The number of aliphatic imine (C=N–C) groups is 2. The van der Waals surface area contributed by atoms with Crippen LogP contribution in [0.3, 0.4) is 0 Å². The topological polar surface area (TPSA) is 74.1 Å². The Bertz CT molecular complexity index is 1000. The number of nitrogens with zero attached hydrogens (tertiary/aromatic N) is 3. The van der Waals surface area contributed by atoms with E-state index in [0.29, 0.717) is 24.0 Å². The van der Waals surface area contributed by atoms with Crippen LogP contribution in [-0.2, 0) is 16.0 Å². The fourth-order valence-electron chi connectivity index (χ4n) is 3.53. The first-order valence-electron chi connectivity index (χ1n) is 10.2. The summed E-state index contributed by atoms with van der Waals surface area (Å²) in [5.41, 5.74) is 2.83. The maximum atomic E-state index is 12.9. The van der Waals surface area contributed by atoms with Gasteiger partial charge >= 0.3 is 0 Å². The number of benzene rings is 2.